The first-order valence-corrected chi connectivity index (χ1v) is 9.57. The van der Waals surface area contributed by atoms with Gasteiger partial charge in [0.1, 0.15) is 11.3 Å². The van der Waals surface area contributed by atoms with Crippen LogP contribution in [0.4, 0.5) is 0 Å². The number of esters is 1. The van der Waals surface area contributed by atoms with E-state index in [-0.39, 0.29) is 17.0 Å². The molecule has 0 saturated heterocycles. The van der Waals surface area contributed by atoms with Gasteiger partial charge in [0, 0.05) is 6.20 Å². The molecule has 7 nitrogen and oxygen atoms in total. The molecule has 2 amide bonds. The summed E-state index contributed by atoms with van der Waals surface area (Å²) in [6.45, 7) is 0. The first kappa shape index (κ1) is 20.0. The molecule has 0 aliphatic carbocycles. The zero-order valence-corrected chi connectivity index (χ0v) is 16.7. The molecule has 7 heteroatoms. The highest BCUT2D eigenvalue weighted by atomic mass is 16.5. The van der Waals surface area contributed by atoms with Gasteiger partial charge in [0.15, 0.2) is 5.54 Å². The van der Waals surface area contributed by atoms with Crippen molar-refractivity contribution >= 4 is 23.5 Å². The summed E-state index contributed by atoms with van der Waals surface area (Å²) < 4.78 is 5.04. The minimum Gasteiger partial charge on any atom is -0.466 e. The van der Waals surface area contributed by atoms with Gasteiger partial charge in [0.05, 0.1) is 12.8 Å². The van der Waals surface area contributed by atoms with E-state index in [9.17, 15) is 14.4 Å². The zero-order valence-electron chi connectivity index (χ0n) is 16.7. The first-order valence-electron chi connectivity index (χ1n) is 9.57. The van der Waals surface area contributed by atoms with Crippen LogP contribution in [-0.2, 0) is 19.9 Å². The number of carbonyl (C=O) groups is 3. The van der Waals surface area contributed by atoms with Crippen LogP contribution < -0.4 is 10.6 Å². The van der Waals surface area contributed by atoms with Crippen LogP contribution in [0.25, 0.3) is 5.70 Å². The Bertz CT molecular complexity index is 1160. The number of hydrogen-bond donors (Lipinski definition) is 2. The Balaban J connectivity index is 1.96. The van der Waals surface area contributed by atoms with Gasteiger partial charge in [-0.25, -0.2) is 4.79 Å². The molecule has 0 fully saturated rings. The Kier molecular flexibility index (Phi) is 5.32. The predicted octanol–water partition coefficient (Wildman–Crippen LogP) is 2.42. The van der Waals surface area contributed by atoms with E-state index >= 15 is 0 Å². The molecule has 2 N–H and O–H groups in total. The summed E-state index contributed by atoms with van der Waals surface area (Å²) >= 11 is 0. The SMILES string of the molecule is COC(=O)C1=C(c2ccccc2)NC(=O)[C@@]1(NC(=O)c1ccccn1)c1ccccc1. The van der Waals surface area contributed by atoms with Gasteiger partial charge in [0.25, 0.3) is 11.8 Å². The number of aromatic nitrogens is 1. The zero-order chi connectivity index (χ0) is 21.8. The topological polar surface area (TPSA) is 97.4 Å². The standard InChI is InChI=1S/C24H19N3O4/c1-31-22(29)19-20(16-10-4-2-5-11-16)26-23(30)24(19,17-12-6-3-7-13-17)27-21(28)18-14-8-9-15-25-18/h2-15H,1H3,(H,26,30)(H,27,28)/t24-/m1/s1. The smallest absolute Gasteiger partial charge is 0.339 e. The molecule has 2 aromatic carbocycles. The molecule has 31 heavy (non-hydrogen) atoms. The lowest BCUT2D eigenvalue weighted by Crippen LogP contribution is -2.54. The number of rotatable bonds is 5. The van der Waals surface area contributed by atoms with E-state index in [1.54, 1.807) is 66.7 Å². The van der Waals surface area contributed by atoms with Crippen molar-refractivity contribution in [1.82, 2.24) is 15.6 Å². The summed E-state index contributed by atoms with van der Waals surface area (Å²) in [5.41, 5.74) is -0.370. The van der Waals surface area contributed by atoms with Crippen molar-refractivity contribution in [3.8, 4) is 0 Å². The van der Waals surface area contributed by atoms with Crippen molar-refractivity contribution in [3.63, 3.8) is 0 Å². The number of pyridine rings is 1. The van der Waals surface area contributed by atoms with Crippen LogP contribution in [0.2, 0.25) is 0 Å². The molecule has 0 saturated carbocycles. The minimum atomic E-state index is -1.80. The molecule has 154 valence electrons. The lowest BCUT2D eigenvalue weighted by molar-refractivity contribution is -0.138. The van der Waals surface area contributed by atoms with E-state index in [1.165, 1.54) is 19.4 Å². The number of amides is 2. The predicted molar refractivity (Wildman–Crippen MR) is 113 cm³/mol. The second-order valence-corrected chi connectivity index (χ2v) is 6.85. The number of carbonyl (C=O) groups excluding carboxylic acids is 3. The molecule has 0 bridgehead atoms. The Morgan fingerprint density at radius 2 is 1.58 bits per heavy atom. The fraction of sp³-hybridized carbons (Fsp3) is 0.0833. The maximum absolute atomic E-state index is 13.5. The van der Waals surface area contributed by atoms with Crippen LogP contribution >= 0.6 is 0 Å². The van der Waals surface area contributed by atoms with E-state index in [1.807, 2.05) is 6.07 Å². The Morgan fingerprint density at radius 3 is 2.19 bits per heavy atom. The minimum absolute atomic E-state index is 0.00156. The van der Waals surface area contributed by atoms with Crippen LogP contribution in [-0.4, -0.2) is 29.9 Å². The van der Waals surface area contributed by atoms with Crippen molar-refractivity contribution in [2.24, 2.45) is 0 Å². The molecule has 2 heterocycles. The van der Waals surface area contributed by atoms with E-state index in [2.05, 4.69) is 15.6 Å². The van der Waals surface area contributed by atoms with Gasteiger partial charge in [0.2, 0.25) is 0 Å². The van der Waals surface area contributed by atoms with Crippen LogP contribution in [0.15, 0.2) is 90.6 Å². The van der Waals surface area contributed by atoms with Crippen LogP contribution in [0.3, 0.4) is 0 Å². The molecule has 1 aliphatic heterocycles. The molecule has 4 rings (SSSR count). The molecule has 3 aromatic rings. The maximum Gasteiger partial charge on any atom is 0.339 e. The number of nitrogens with zero attached hydrogens (tertiary/aromatic N) is 1. The molecule has 0 radical (unpaired) electrons. The van der Waals surface area contributed by atoms with Crippen LogP contribution in [0, 0.1) is 0 Å². The molecule has 1 aliphatic rings. The van der Waals surface area contributed by atoms with Crippen molar-refractivity contribution in [3.05, 3.63) is 107 Å². The first-order chi connectivity index (χ1) is 15.1. The highest BCUT2D eigenvalue weighted by molar-refractivity contribution is 6.17. The summed E-state index contributed by atoms with van der Waals surface area (Å²) in [5.74, 6) is -1.90. The van der Waals surface area contributed by atoms with Gasteiger partial charge in [-0.05, 0) is 23.3 Å². The van der Waals surface area contributed by atoms with E-state index in [4.69, 9.17) is 4.74 Å². The fourth-order valence-electron chi connectivity index (χ4n) is 3.64. The Labute approximate surface area is 178 Å². The number of nitrogens with one attached hydrogen (secondary N) is 2. The van der Waals surface area contributed by atoms with Crippen molar-refractivity contribution in [2.75, 3.05) is 7.11 Å². The molecular weight excluding hydrogens is 394 g/mol. The summed E-state index contributed by atoms with van der Waals surface area (Å²) in [6, 6.07) is 22.4. The van der Waals surface area contributed by atoms with Gasteiger partial charge >= 0.3 is 5.97 Å². The second-order valence-electron chi connectivity index (χ2n) is 6.85. The summed E-state index contributed by atoms with van der Waals surface area (Å²) in [6.07, 6.45) is 1.48. The van der Waals surface area contributed by atoms with Gasteiger partial charge < -0.3 is 15.4 Å². The Morgan fingerprint density at radius 1 is 0.935 bits per heavy atom. The Hall–Kier alpha value is -4.26. The van der Waals surface area contributed by atoms with Crippen LogP contribution in [0.5, 0.6) is 0 Å². The van der Waals surface area contributed by atoms with Gasteiger partial charge in [-0.15, -0.1) is 0 Å². The largest absolute Gasteiger partial charge is 0.466 e. The number of methoxy groups -OCH3 is 1. The third kappa shape index (κ3) is 3.46. The highest BCUT2D eigenvalue weighted by Crippen LogP contribution is 2.40. The fourth-order valence-corrected chi connectivity index (χ4v) is 3.64. The third-order valence-electron chi connectivity index (χ3n) is 5.06. The van der Waals surface area contributed by atoms with Gasteiger partial charge in [-0.1, -0.05) is 66.7 Å². The molecule has 0 spiro atoms. The molecule has 0 unspecified atom stereocenters. The molecule has 1 aromatic heterocycles. The highest BCUT2D eigenvalue weighted by Gasteiger charge is 2.55. The lowest BCUT2D eigenvalue weighted by Gasteiger charge is -2.30. The van der Waals surface area contributed by atoms with E-state index in [0.717, 1.165) is 0 Å². The number of benzene rings is 2. The normalized spacial score (nSPS) is 17.8. The number of hydrogen-bond acceptors (Lipinski definition) is 5. The average Bonchev–Trinajstić information content (AvgIpc) is 3.13. The number of ether oxygens (including phenoxy) is 1. The van der Waals surface area contributed by atoms with Gasteiger partial charge in [-0.3, -0.25) is 14.6 Å². The summed E-state index contributed by atoms with van der Waals surface area (Å²) in [5, 5.41) is 5.55. The maximum atomic E-state index is 13.5. The summed E-state index contributed by atoms with van der Waals surface area (Å²) in [4.78, 5) is 43.7. The quantitative estimate of drug-likeness (QED) is 0.626. The van der Waals surface area contributed by atoms with Crippen LogP contribution in [0.1, 0.15) is 21.6 Å². The lowest BCUT2D eigenvalue weighted by atomic mass is 9.82. The molecule has 1 atom stereocenters. The molecular formula is C24H19N3O4. The summed E-state index contributed by atoms with van der Waals surface area (Å²) in [7, 11) is 1.23. The average molecular weight is 413 g/mol. The van der Waals surface area contributed by atoms with E-state index in [0.29, 0.717) is 11.1 Å². The third-order valence-corrected chi connectivity index (χ3v) is 5.06. The van der Waals surface area contributed by atoms with E-state index < -0.39 is 23.3 Å². The van der Waals surface area contributed by atoms with Gasteiger partial charge in [-0.2, -0.15) is 0 Å². The van der Waals surface area contributed by atoms with Crippen molar-refractivity contribution in [1.29, 1.82) is 0 Å². The second kappa shape index (κ2) is 8.23. The van der Waals surface area contributed by atoms with Crippen molar-refractivity contribution in [2.45, 2.75) is 5.54 Å². The monoisotopic (exact) mass is 413 g/mol. The van der Waals surface area contributed by atoms with Crippen molar-refractivity contribution < 1.29 is 19.1 Å².